The van der Waals surface area contributed by atoms with Crippen molar-refractivity contribution in [3.8, 4) is 0 Å². The number of benzene rings is 3. The molecule has 41 heavy (non-hydrogen) atoms. The molecule has 0 spiro atoms. The van der Waals surface area contributed by atoms with E-state index in [9.17, 15) is 14.4 Å². The van der Waals surface area contributed by atoms with E-state index in [1.807, 2.05) is 82.3 Å². The number of alkyl carbamates (subject to hydrolysis) is 1. The van der Waals surface area contributed by atoms with Crippen molar-refractivity contribution < 1.29 is 19.1 Å². The number of hydrogen-bond acceptors (Lipinski definition) is 4. The third-order valence-corrected chi connectivity index (χ3v) is 7.43. The molecule has 0 bridgehead atoms. The molecule has 2 atom stereocenters. The summed E-state index contributed by atoms with van der Waals surface area (Å²) < 4.78 is 5.49. The summed E-state index contributed by atoms with van der Waals surface area (Å²) in [5.74, 6) is -0.792. The summed E-state index contributed by atoms with van der Waals surface area (Å²) in [5, 5.41) is 8.01. The molecule has 1 fully saturated rings. The Bertz CT molecular complexity index is 1400. The normalized spacial score (nSPS) is 15.1. The molecular formula is C34H43N3O4. The van der Waals surface area contributed by atoms with Crippen molar-refractivity contribution in [3.63, 3.8) is 0 Å². The van der Waals surface area contributed by atoms with E-state index in [1.165, 1.54) is 0 Å². The molecule has 2 N–H and O–H groups in total. The minimum absolute atomic E-state index is 0.114. The van der Waals surface area contributed by atoms with Crippen LogP contribution < -0.4 is 10.6 Å². The molecule has 1 saturated carbocycles. The first-order valence-electron chi connectivity index (χ1n) is 14.5. The molecule has 0 saturated heterocycles. The summed E-state index contributed by atoms with van der Waals surface area (Å²) in [6.07, 6.45) is 1.93. The first kappa shape index (κ1) is 30.1. The van der Waals surface area contributed by atoms with Crippen LogP contribution in [0.4, 0.5) is 10.5 Å². The van der Waals surface area contributed by atoms with Crippen molar-refractivity contribution in [1.29, 1.82) is 0 Å². The highest BCUT2D eigenvalue weighted by molar-refractivity contribution is 6.00. The van der Waals surface area contributed by atoms with Gasteiger partial charge in [-0.3, -0.25) is 9.59 Å². The zero-order valence-corrected chi connectivity index (χ0v) is 25.3. The average Bonchev–Trinajstić information content (AvgIpc) is 2.83. The maximum absolute atomic E-state index is 14.4. The summed E-state index contributed by atoms with van der Waals surface area (Å²) >= 11 is 0. The monoisotopic (exact) mass is 557 g/mol. The Hall–Kier alpha value is -3.87. The SMILES string of the molecule is Cc1cc(C)cc(C(C(=O)Nc2ccc3ccccc3c2)N(C(=O)C(NC(=O)OC(C)(C)C)C(C)C)C2CCC2)c1. The minimum Gasteiger partial charge on any atom is -0.444 e. The van der Waals surface area contributed by atoms with E-state index < -0.39 is 23.8 Å². The van der Waals surface area contributed by atoms with E-state index in [4.69, 9.17) is 4.74 Å². The number of hydrogen-bond donors (Lipinski definition) is 2. The van der Waals surface area contributed by atoms with Gasteiger partial charge < -0.3 is 20.3 Å². The number of ether oxygens (including phenoxy) is 1. The van der Waals surface area contributed by atoms with Gasteiger partial charge in [-0.2, -0.15) is 0 Å². The van der Waals surface area contributed by atoms with Crippen LogP contribution in [-0.2, 0) is 14.3 Å². The van der Waals surface area contributed by atoms with Crippen LogP contribution in [0.2, 0.25) is 0 Å². The second-order valence-corrected chi connectivity index (χ2v) is 12.6. The zero-order chi connectivity index (χ0) is 29.9. The number of aryl methyl sites for hydroxylation is 2. The van der Waals surface area contributed by atoms with Crippen LogP contribution in [-0.4, -0.2) is 40.5 Å². The average molecular weight is 558 g/mol. The van der Waals surface area contributed by atoms with Crippen LogP contribution in [0.1, 0.15) is 76.6 Å². The first-order chi connectivity index (χ1) is 19.3. The molecule has 1 aliphatic rings. The van der Waals surface area contributed by atoms with Crippen molar-refractivity contribution in [1.82, 2.24) is 10.2 Å². The molecule has 7 nitrogen and oxygen atoms in total. The van der Waals surface area contributed by atoms with Crippen molar-refractivity contribution in [3.05, 3.63) is 77.4 Å². The quantitative estimate of drug-likeness (QED) is 0.310. The van der Waals surface area contributed by atoms with Crippen molar-refractivity contribution in [2.24, 2.45) is 5.92 Å². The summed E-state index contributed by atoms with van der Waals surface area (Å²) in [4.78, 5) is 43.2. The molecule has 4 rings (SSSR count). The van der Waals surface area contributed by atoms with Gasteiger partial charge in [-0.05, 0) is 88.3 Å². The van der Waals surface area contributed by atoms with Gasteiger partial charge in [0.15, 0.2) is 0 Å². The molecule has 3 amide bonds. The zero-order valence-electron chi connectivity index (χ0n) is 25.3. The van der Waals surface area contributed by atoms with Crippen LogP contribution in [0.15, 0.2) is 60.7 Å². The lowest BCUT2D eigenvalue weighted by Crippen LogP contribution is -2.58. The largest absolute Gasteiger partial charge is 0.444 e. The number of amides is 3. The Morgan fingerprint density at radius 1 is 0.902 bits per heavy atom. The molecule has 0 aromatic heterocycles. The lowest BCUT2D eigenvalue weighted by Gasteiger charge is -2.44. The molecule has 218 valence electrons. The van der Waals surface area contributed by atoms with Crippen LogP contribution in [0, 0.1) is 19.8 Å². The number of anilines is 1. The van der Waals surface area contributed by atoms with E-state index >= 15 is 0 Å². The minimum atomic E-state index is -0.875. The van der Waals surface area contributed by atoms with Crippen LogP contribution in [0.25, 0.3) is 10.8 Å². The van der Waals surface area contributed by atoms with Gasteiger partial charge in [0.25, 0.3) is 5.91 Å². The Morgan fingerprint density at radius 3 is 2.10 bits per heavy atom. The van der Waals surface area contributed by atoms with Gasteiger partial charge in [-0.25, -0.2) is 4.79 Å². The molecule has 3 aromatic carbocycles. The topological polar surface area (TPSA) is 87.7 Å². The molecule has 7 heteroatoms. The smallest absolute Gasteiger partial charge is 0.408 e. The van der Waals surface area contributed by atoms with Gasteiger partial charge in [0.05, 0.1) is 0 Å². The molecule has 0 radical (unpaired) electrons. The number of rotatable bonds is 8. The van der Waals surface area contributed by atoms with E-state index in [0.29, 0.717) is 5.69 Å². The van der Waals surface area contributed by atoms with Crippen LogP contribution in [0.3, 0.4) is 0 Å². The fourth-order valence-electron chi connectivity index (χ4n) is 5.38. The van der Waals surface area contributed by atoms with Crippen molar-refractivity contribution in [2.45, 2.75) is 91.5 Å². The third-order valence-electron chi connectivity index (χ3n) is 7.43. The van der Waals surface area contributed by atoms with Gasteiger partial charge in [-0.15, -0.1) is 0 Å². The molecule has 0 aliphatic heterocycles. The lowest BCUT2D eigenvalue weighted by atomic mass is 9.86. The molecule has 1 aliphatic carbocycles. The third kappa shape index (κ3) is 7.46. The molecule has 0 heterocycles. The highest BCUT2D eigenvalue weighted by atomic mass is 16.6. The van der Waals surface area contributed by atoms with Gasteiger partial charge in [0.1, 0.15) is 17.7 Å². The predicted octanol–water partition coefficient (Wildman–Crippen LogP) is 7.07. The Kier molecular flexibility index (Phi) is 9.05. The number of fused-ring (bicyclic) bond motifs is 1. The van der Waals surface area contributed by atoms with Gasteiger partial charge in [0.2, 0.25) is 5.91 Å². The summed E-state index contributed by atoms with van der Waals surface area (Å²) in [7, 11) is 0. The summed E-state index contributed by atoms with van der Waals surface area (Å²) in [6.45, 7) is 13.1. The maximum Gasteiger partial charge on any atom is 0.408 e. The first-order valence-corrected chi connectivity index (χ1v) is 14.5. The molecular weight excluding hydrogens is 514 g/mol. The van der Waals surface area contributed by atoms with E-state index in [1.54, 1.807) is 25.7 Å². The number of nitrogens with zero attached hydrogens (tertiary/aromatic N) is 1. The van der Waals surface area contributed by atoms with Crippen LogP contribution in [0.5, 0.6) is 0 Å². The molecule has 2 unspecified atom stereocenters. The highest BCUT2D eigenvalue weighted by Gasteiger charge is 2.43. The maximum atomic E-state index is 14.4. The van der Waals surface area contributed by atoms with Crippen LogP contribution >= 0.6 is 0 Å². The number of carbonyl (C=O) groups excluding carboxylic acids is 3. The summed E-state index contributed by atoms with van der Waals surface area (Å²) in [6, 6.07) is 17.9. The highest BCUT2D eigenvalue weighted by Crippen LogP contribution is 2.35. The predicted molar refractivity (Wildman–Crippen MR) is 164 cm³/mol. The van der Waals surface area contributed by atoms with Crippen molar-refractivity contribution >= 4 is 34.4 Å². The molecule has 3 aromatic rings. The number of carbonyl (C=O) groups is 3. The van der Waals surface area contributed by atoms with E-state index in [-0.39, 0.29) is 23.8 Å². The second kappa shape index (κ2) is 12.3. The van der Waals surface area contributed by atoms with Gasteiger partial charge in [-0.1, -0.05) is 73.5 Å². The summed E-state index contributed by atoms with van der Waals surface area (Å²) in [5.41, 5.74) is 2.73. The Balaban J connectivity index is 1.74. The Morgan fingerprint density at radius 2 is 1.54 bits per heavy atom. The lowest BCUT2D eigenvalue weighted by molar-refractivity contribution is -0.146. The fourth-order valence-corrected chi connectivity index (χ4v) is 5.38. The second-order valence-electron chi connectivity index (χ2n) is 12.6. The fraction of sp³-hybridized carbons (Fsp3) is 0.441. The van der Waals surface area contributed by atoms with Gasteiger partial charge in [0, 0.05) is 11.7 Å². The van der Waals surface area contributed by atoms with E-state index in [0.717, 1.165) is 46.7 Å². The van der Waals surface area contributed by atoms with Gasteiger partial charge >= 0.3 is 6.09 Å². The number of nitrogens with one attached hydrogen (secondary N) is 2. The van der Waals surface area contributed by atoms with E-state index in [2.05, 4.69) is 16.7 Å². The standard InChI is InChI=1S/C34H43N3O4/c1-21(2)29(36-33(40)41-34(5,6)7)32(39)37(28-13-10-14-28)30(26-18-22(3)17-23(4)19-26)31(38)35-27-16-15-24-11-8-9-12-25(24)20-27/h8-9,11-12,15-21,28-30H,10,13-14H2,1-7H3,(H,35,38)(H,36,40). The Labute approximate surface area is 243 Å². The van der Waals surface area contributed by atoms with Crippen molar-refractivity contribution in [2.75, 3.05) is 5.32 Å².